The second kappa shape index (κ2) is 7.46. The van der Waals surface area contributed by atoms with Gasteiger partial charge in [0.25, 0.3) is 5.91 Å². The first-order chi connectivity index (χ1) is 10.0. The lowest BCUT2D eigenvalue weighted by Crippen LogP contribution is -2.44. The maximum absolute atomic E-state index is 12.0. The fraction of sp³-hybridized carbons (Fsp3) is 0.588. The van der Waals surface area contributed by atoms with Crippen LogP contribution in [0.1, 0.15) is 43.2 Å². The Hall–Kier alpha value is -1.55. The second-order valence-electron chi connectivity index (χ2n) is 5.99. The summed E-state index contributed by atoms with van der Waals surface area (Å²) in [5.74, 6) is 0.546. The van der Waals surface area contributed by atoms with Gasteiger partial charge in [-0.1, -0.05) is 25.3 Å². The number of hydrogen-bond donors (Lipinski definition) is 2. The molecule has 1 aliphatic carbocycles. The lowest BCUT2D eigenvalue weighted by Gasteiger charge is -2.21. The molecular formula is C17H25NO3. The van der Waals surface area contributed by atoms with Crippen molar-refractivity contribution in [1.29, 1.82) is 0 Å². The van der Waals surface area contributed by atoms with Gasteiger partial charge < -0.3 is 15.2 Å². The van der Waals surface area contributed by atoms with Gasteiger partial charge in [-0.25, -0.2) is 0 Å². The molecule has 1 aromatic carbocycles. The summed E-state index contributed by atoms with van der Waals surface area (Å²) in [6, 6.07) is 5.76. The van der Waals surface area contributed by atoms with E-state index >= 15 is 0 Å². The van der Waals surface area contributed by atoms with E-state index < -0.39 is 6.10 Å². The Kier molecular flexibility index (Phi) is 5.62. The predicted molar refractivity (Wildman–Crippen MR) is 82.4 cm³/mol. The van der Waals surface area contributed by atoms with E-state index in [2.05, 4.69) is 11.4 Å². The van der Waals surface area contributed by atoms with Gasteiger partial charge in [0.05, 0.1) is 12.1 Å². The van der Waals surface area contributed by atoms with Crippen molar-refractivity contribution < 1.29 is 14.6 Å². The molecule has 0 aliphatic heterocycles. The molecule has 0 saturated heterocycles. The van der Waals surface area contributed by atoms with Gasteiger partial charge in [0.15, 0.2) is 6.61 Å². The van der Waals surface area contributed by atoms with Gasteiger partial charge in [0.1, 0.15) is 5.75 Å². The van der Waals surface area contributed by atoms with Crippen molar-refractivity contribution >= 4 is 5.91 Å². The highest BCUT2D eigenvalue weighted by Gasteiger charge is 2.23. The predicted octanol–water partition coefficient (Wildman–Crippen LogP) is 2.49. The van der Waals surface area contributed by atoms with Gasteiger partial charge in [-0.05, 0) is 49.9 Å². The highest BCUT2D eigenvalue weighted by molar-refractivity contribution is 5.77. The summed E-state index contributed by atoms with van der Waals surface area (Å²) in [4.78, 5) is 12.0. The molecule has 2 unspecified atom stereocenters. The Balaban J connectivity index is 1.83. The van der Waals surface area contributed by atoms with E-state index in [0.717, 1.165) is 43.2 Å². The average Bonchev–Trinajstić information content (AvgIpc) is 2.61. The molecule has 0 radical (unpaired) electrons. The number of nitrogens with one attached hydrogen (secondary N) is 1. The van der Waals surface area contributed by atoms with E-state index in [4.69, 9.17) is 4.74 Å². The second-order valence-corrected chi connectivity index (χ2v) is 5.99. The van der Waals surface area contributed by atoms with E-state index in [-0.39, 0.29) is 18.6 Å². The quantitative estimate of drug-likeness (QED) is 0.838. The van der Waals surface area contributed by atoms with Crippen LogP contribution in [0.4, 0.5) is 0 Å². The Morgan fingerprint density at radius 3 is 2.57 bits per heavy atom. The van der Waals surface area contributed by atoms with Gasteiger partial charge in [-0.15, -0.1) is 0 Å². The number of aryl methyl sites for hydroxylation is 2. The molecule has 1 saturated carbocycles. The molecule has 0 heterocycles. The van der Waals surface area contributed by atoms with Crippen LogP contribution in [-0.2, 0) is 4.79 Å². The number of ether oxygens (including phenoxy) is 1. The summed E-state index contributed by atoms with van der Waals surface area (Å²) in [6.07, 6.45) is 4.40. The third-order valence-electron chi connectivity index (χ3n) is 3.89. The highest BCUT2D eigenvalue weighted by atomic mass is 16.5. The number of rotatable bonds is 4. The van der Waals surface area contributed by atoms with E-state index in [0.29, 0.717) is 5.75 Å². The summed E-state index contributed by atoms with van der Waals surface area (Å²) in [5.41, 5.74) is 2.23. The number of carbonyl (C=O) groups excluding carboxylic acids is 1. The summed E-state index contributed by atoms with van der Waals surface area (Å²) in [7, 11) is 0. The zero-order chi connectivity index (χ0) is 15.2. The Bertz CT molecular complexity index is 467. The molecule has 2 rings (SSSR count). The van der Waals surface area contributed by atoms with Gasteiger partial charge in [0.2, 0.25) is 0 Å². The van der Waals surface area contributed by atoms with E-state index in [1.165, 1.54) is 0 Å². The Morgan fingerprint density at radius 1 is 1.19 bits per heavy atom. The molecule has 4 heteroatoms. The topological polar surface area (TPSA) is 58.6 Å². The summed E-state index contributed by atoms with van der Waals surface area (Å²) >= 11 is 0. The molecule has 4 nitrogen and oxygen atoms in total. The third kappa shape index (κ3) is 5.05. The molecule has 1 aliphatic rings. The minimum atomic E-state index is -0.433. The SMILES string of the molecule is Cc1cc(C)cc(OCC(=O)NC2CCCCCC2O)c1. The van der Waals surface area contributed by atoms with Crippen LogP contribution in [0.3, 0.4) is 0 Å². The highest BCUT2D eigenvalue weighted by Crippen LogP contribution is 2.18. The standard InChI is InChI=1S/C17H25NO3/c1-12-8-13(2)10-14(9-12)21-11-17(20)18-15-6-4-3-5-7-16(15)19/h8-10,15-16,19H,3-7,11H2,1-2H3,(H,18,20). The number of benzene rings is 1. The molecule has 2 atom stereocenters. The van der Waals surface area contributed by atoms with Crippen LogP contribution in [0.5, 0.6) is 5.75 Å². The van der Waals surface area contributed by atoms with Crippen molar-refractivity contribution in [2.24, 2.45) is 0 Å². The Morgan fingerprint density at radius 2 is 1.86 bits per heavy atom. The molecule has 0 spiro atoms. The first-order valence-electron chi connectivity index (χ1n) is 7.73. The van der Waals surface area contributed by atoms with E-state index in [1.807, 2.05) is 26.0 Å². The van der Waals surface area contributed by atoms with Gasteiger partial charge in [0, 0.05) is 0 Å². The van der Waals surface area contributed by atoms with Crippen LogP contribution in [-0.4, -0.2) is 29.8 Å². The lowest BCUT2D eigenvalue weighted by molar-refractivity contribution is -0.124. The molecule has 21 heavy (non-hydrogen) atoms. The number of aliphatic hydroxyl groups excluding tert-OH is 1. The zero-order valence-corrected chi connectivity index (χ0v) is 12.9. The molecule has 1 aromatic rings. The van der Waals surface area contributed by atoms with Crippen LogP contribution in [0.25, 0.3) is 0 Å². The van der Waals surface area contributed by atoms with Crippen LogP contribution in [0.2, 0.25) is 0 Å². The summed E-state index contributed by atoms with van der Waals surface area (Å²) in [6.45, 7) is 4.00. The van der Waals surface area contributed by atoms with E-state index in [9.17, 15) is 9.90 Å². The van der Waals surface area contributed by atoms with Crippen molar-refractivity contribution in [3.8, 4) is 5.75 Å². The fourth-order valence-corrected chi connectivity index (χ4v) is 2.87. The first kappa shape index (κ1) is 15.8. The molecule has 1 fully saturated rings. The minimum Gasteiger partial charge on any atom is -0.484 e. The van der Waals surface area contributed by atoms with Crippen LogP contribution in [0, 0.1) is 13.8 Å². The molecule has 2 N–H and O–H groups in total. The van der Waals surface area contributed by atoms with Crippen molar-refractivity contribution in [3.05, 3.63) is 29.3 Å². The van der Waals surface area contributed by atoms with Crippen molar-refractivity contribution in [2.45, 2.75) is 58.1 Å². The number of aliphatic hydroxyl groups is 1. The van der Waals surface area contributed by atoms with Crippen molar-refractivity contribution in [3.63, 3.8) is 0 Å². The molecule has 0 aromatic heterocycles. The van der Waals surface area contributed by atoms with Gasteiger partial charge in [-0.2, -0.15) is 0 Å². The van der Waals surface area contributed by atoms with Crippen molar-refractivity contribution in [1.82, 2.24) is 5.32 Å². The molecular weight excluding hydrogens is 266 g/mol. The zero-order valence-electron chi connectivity index (χ0n) is 12.9. The maximum Gasteiger partial charge on any atom is 0.258 e. The monoisotopic (exact) mass is 291 g/mol. The van der Waals surface area contributed by atoms with E-state index in [1.54, 1.807) is 0 Å². The average molecular weight is 291 g/mol. The first-order valence-corrected chi connectivity index (χ1v) is 7.73. The van der Waals surface area contributed by atoms with Gasteiger partial charge in [-0.3, -0.25) is 4.79 Å². The lowest BCUT2D eigenvalue weighted by atomic mass is 10.1. The van der Waals surface area contributed by atoms with Crippen LogP contribution < -0.4 is 10.1 Å². The largest absolute Gasteiger partial charge is 0.484 e. The summed E-state index contributed by atoms with van der Waals surface area (Å²) in [5, 5.41) is 12.9. The normalized spacial score (nSPS) is 22.4. The Labute approximate surface area is 126 Å². The number of amides is 1. The number of carbonyl (C=O) groups is 1. The molecule has 116 valence electrons. The van der Waals surface area contributed by atoms with Crippen LogP contribution in [0.15, 0.2) is 18.2 Å². The third-order valence-corrected chi connectivity index (χ3v) is 3.89. The minimum absolute atomic E-state index is 0.00782. The van der Waals surface area contributed by atoms with Crippen molar-refractivity contribution in [2.75, 3.05) is 6.61 Å². The van der Waals surface area contributed by atoms with Gasteiger partial charge >= 0.3 is 0 Å². The fourth-order valence-electron chi connectivity index (χ4n) is 2.87. The summed E-state index contributed by atoms with van der Waals surface area (Å²) < 4.78 is 5.54. The molecule has 0 bridgehead atoms. The number of hydrogen-bond acceptors (Lipinski definition) is 3. The molecule has 1 amide bonds. The smallest absolute Gasteiger partial charge is 0.258 e. The van der Waals surface area contributed by atoms with Crippen LogP contribution >= 0.6 is 0 Å². The maximum atomic E-state index is 12.0.